The first-order chi connectivity index (χ1) is 10.0. The second-order valence-corrected chi connectivity index (χ2v) is 5.34. The molecule has 3 rings (SSSR count). The van der Waals surface area contributed by atoms with E-state index in [-0.39, 0.29) is 17.9 Å². The Morgan fingerprint density at radius 1 is 1.00 bits per heavy atom. The smallest absolute Gasteiger partial charge is 0.264 e. The third-order valence-corrected chi connectivity index (χ3v) is 3.93. The first-order valence-electron chi connectivity index (χ1n) is 6.83. The normalized spacial score (nSPS) is 15.2. The summed E-state index contributed by atoms with van der Waals surface area (Å²) in [5, 5.41) is 0. The van der Waals surface area contributed by atoms with Gasteiger partial charge in [0.15, 0.2) is 0 Å². The van der Waals surface area contributed by atoms with E-state index in [1.54, 1.807) is 18.2 Å². The second-order valence-electron chi connectivity index (χ2n) is 5.34. The highest BCUT2D eigenvalue weighted by Crippen LogP contribution is 2.33. The van der Waals surface area contributed by atoms with Crippen LogP contribution >= 0.6 is 0 Å². The Balaban J connectivity index is 2.02. The van der Waals surface area contributed by atoms with Gasteiger partial charge < -0.3 is 5.73 Å². The molecule has 2 N–H and O–H groups in total. The van der Waals surface area contributed by atoms with Crippen LogP contribution in [0, 0.1) is 6.92 Å². The lowest BCUT2D eigenvalue weighted by Crippen LogP contribution is -2.32. The van der Waals surface area contributed by atoms with Crippen molar-refractivity contribution in [3.05, 3.63) is 64.7 Å². The van der Waals surface area contributed by atoms with Crippen molar-refractivity contribution in [2.24, 2.45) is 0 Å². The number of anilines is 1. The van der Waals surface area contributed by atoms with Crippen LogP contribution in [0.1, 0.15) is 44.8 Å². The largest absolute Gasteiger partial charge is 0.398 e. The molecule has 0 aromatic heterocycles. The maximum Gasteiger partial charge on any atom is 0.264 e. The summed E-state index contributed by atoms with van der Waals surface area (Å²) in [5.41, 5.74) is 8.97. The quantitative estimate of drug-likeness (QED) is 0.679. The Hall–Kier alpha value is -2.62. The van der Waals surface area contributed by atoms with Crippen molar-refractivity contribution in [1.29, 1.82) is 0 Å². The van der Waals surface area contributed by atoms with E-state index >= 15 is 0 Å². The number of benzene rings is 2. The Kier molecular flexibility index (Phi) is 3.01. The number of carbonyl (C=O) groups excluding carboxylic acids is 2. The summed E-state index contributed by atoms with van der Waals surface area (Å²) in [6, 6.07) is 12.5. The minimum atomic E-state index is -0.322. The zero-order chi connectivity index (χ0) is 15.1. The summed E-state index contributed by atoms with van der Waals surface area (Å²) >= 11 is 0. The molecule has 0 aliphatic carbocycles. The first-order valence-corrected chi connectivity index (χ1v) is 6.83. The van der Waals surface area contributed by atoms with Crippen LogP contribution in [0.2, 0.25) is 0 Å². The van der Waals surface area contributed by atoms with Gasteiger partial charge in [0.05, 0.1) is 17.2 Å². The van der Waals surface area contributed by atoms with Crippen LogP contribution in [0.15, 0.2) is 42.5 Å². The topological polar surface area (TPSA) is 63.4 Å². The number of amides is 2. The minimum absolute atomic E-state index is 0.282. The van der Waals surface area contributed by atoms with Crippen LogP contribution in [-0.4, -0.2) is 16.7 Å². The Morgan fingerprint density at radius 2 is 1.67 bits per heavy atom. The predicted octanol–water partition coefficient (Wildman–Crippen LogP) is 2.93. The molecule has 4 nitrogen and oxygen atoms in total. The third-order valence-electron chi connectivity index (χ3n) is 3.93. The van der Waals surface area contributed by atoms with Gasteiger partial charge in [-0.05, 0) is 31.5 Å². The number of hydrogen-bond donors (Lipinski definition) is 1. The van der Waals surface area contributed by atoms with Gasteiger partial charge in [-0.25, -0.2) is 0 Å². The Labute approximate surface area is 123 Å². The Bertz CT molecular complexity index is 735. The summed E-state index contributed by atoms with van der Waals surface area (Å²) in [5.74, 6) is -0.600. The van der Waals surface area contributed by atoms with E-state index in [9.17, 15) is 9.59 Å². The van der Waals surface area contributed by atoms with E-state index in [1.165, 1.54) is 4.90 Å². The maximum atomic E-state index is 12.5. The molecule has 2 amide bonds. The summed E-state index contributed by atoms with van der Waals surface area (Å²) < 4.78 is 0. The predicted molar refractivity (Wildman–Crippen MR) is 80.9 cm³/mol. The number of carbonyl (C=O) groups is 2. The molecular formula is C17H16N2O2. The summed E-state index contributed by atoms with van der Waals surface area (Å²) in [4.78, 5) is 26.3. The lowest BCUT2D eigenvalue weighted by Gasteiger charge is -2.23. The van der Waals surface area contributed by atoms with Crippen LogP contribution < -0.4 is 5.73 Å². The lowest BCUT2D eigenvalue weighted by atomic mass is 10.1. The number of fused-ring (bicyclic) bond motifs is 1. The molecule has 1 atom stereocenters. The van der Waals surface area contributed by atoms with Gasteiger partial charge in [0.1, 0.15) is 0 Å². The van der Waals surface area contributed by atoms with Crippen molar-refractivity contribution in [2.75, 3.05) is 5.73 Å². The van der Waals surface area contributed by atoms with Gasteiger partial charge in [-0.3, -0.25) is 14.5 Å². The molecule has 2 aromatic rings. The fraction of sp³-hybridized carbons (Fsp3) is 0.176. The number of aryl methyl sites for hydroxylation is 1. The highest BCUT2D eigenvalue weighted by molar-refractivity contribution is 6.23. The second kappa shape index (κ2) is 4.74. The number of nitrogens with zero attached hydrogens (tertiary/aromatic N) is 1. The maximum absolute atomic E-state index is 12.5. The SMILES string of the molecule is Cc1ccc(C(C)N2C(=O)c3cccc(N)c3C2=O)cc1. The van der Waals surface area contributed by atoms with E-state index < -0.39 is 0 Å². The standard InChI is InChI=1S/C17H16N2O2/c1-10-6-8-12(9-7-10)11(2)19-16(20)13-4-3-5-14(18)15(13)17(19)21/h3-9,11H,18H2,1-2H3. The molecule has 0 saturated heterocycles. The number of rotatable bonds is 2. The van der Waals surface area contributed by atoms with Crippen molar-refractivity contribution < 1.29 is 9.59 Å². The van der Waals surface area contributed by atoms with E-state index in [0.717, 1.165) is 11.1 Å². The minimum Gasteiger partial charge on any atom is -0.398 e. The van der Waals surface area contributed by atoms with E-state index in [4.69, 9.17) is 5.73 Å². The van der Waals surface area contributed by atoms with E-state index in [2.05, 4.69) is 0 Å². The molecule has 1 unspecified atom stereocenters. The molecule has 0 radical (unpaired) electrons. The van der Waals surface area contributed by atoms with Gasteiger partial charge in [0.25, 0.3) is 11.8 Å². The van der Waals surface area contributed by atoms with Crippen molar-refractivity contribution >= 4 is 17.5 Å². The fourth-order valence-electron chi connectivity index (χ4n) is 2.68. The highest BCUT2D eigenvalue weighted by Gasteiger charge is 2.40. The van der Waals surface area contributed by atoms with E-state index in [1.807, 2.05) is 38.1 Å². The molecule has 0 fully saturated rings. The molecule has 2 aromatic carbocycles. The summed E-state index contributed by atoms with van der Waals surface area (Å²) in [7, 11) is 0. The molecule has 0 spiro atoms. The average molecular weight is 280 g/mol. The Morgan fingerprint density at radius 3 is 2.29 bits per heavy atom. The average Bonchev–Trinajstić information content (AvgIpc) is 2.72. The van der Waals surface area contributed by atoms with Crippen molar-refractivity contribution in [3.8, 4) is 0 Å². The number of imide groups is 1. The van der Waals surface area contributed by atoms with E-state index in [0.29, 0.717) is 16.8 Å². The third kappa shape index (κ3) is 2.00. The summed E-state index contributed by atoms with van der Waals surface area (Å²) in [6.07, 6.45) is 0. The molecular weight excluding hydrogens is 264 g/mol. The van der Waals surface area contributed by atoms with Gasteiger partial charge in [-0.15, -0.1) is 0 Å². The molecule has 0 saturated carbocycles. The molecule has 0 bridgehead atoms. The molecule has 1 aliphatic heterocycles. The summed E-state index contributed by atoms with van der Waals surface area (Å²) in [6.45, 7) is 3.85. The molecule has 4 heteroatoms. The van der Waals surface area contributed by atoms with Gasteiger partial charge in [0, 0.05) is 5.69 Å². The molecule has 106 valence electrons. The van der Waals surface area contributed by atoms with Crippen LogP contribution in [0.3, 0.4) is 0 Å². The first kappa shape index (κ1) is 13.4. The number of hydrogen-bond acceptors (Lipinski definition) is 3. The van der Waals surface area contributed by atoms with Crippen molar-refractivity contribution in [1.82, 2.24) is 4.90 Å². The lowest BCUT2D eigenvalue weighted by molar-refractivity contribution is 0.0595. The van der Waals surface area contributed by atoms with Crippen LogP contribution in [0.25, 0.3) is 0 Å². The number of nitrogens with two attached hydrogens (primary N) is 1. The van der Waals surface area contributed by atoms with Gasteiger partial charge in [-0.1, -0.05) is 35.9 Å². The zero-order valence-corrected chi connectivity index (χ0v) is 12.0. The van der Waals surface area contributed by atoms with Crippen LogP contribution in [0.4, 0.5) is 5.69 Å². The van der Waals surface area contributed by atoms with Gasteiger partial charge >= 0.3 is 0 Å². The zero-order valence-electron chi connectivity index (χ0n) is 12.0. The molecule has 1 aliphatic rings. The fourth-order valence-corrected chi connectivity index (χ4v) is 2.68. The van der Waals surface area contributed by atoms with Gasteiger partial charge in [0.2, 0.25) is 0 Å². The highest BCUT2D eigenvalue weighted by atomic mass is 16.2. The molecule has 21 heavy (non-hydrogen) atoms. The van der Waals surface area contributed by atoms with Crippen molar-refractivity contribution in [2.45, 2.75) is 19.9 Å². The monoisotopic (exact) mass is 280 g/mol. The van der Waals surface area contributed by atoms with Gasteiger partial charge in [-0.2, -0.15) is 0 Å². The number of nitrogen functional groups attached to an aromatic ring is 1. The van der Waals surface area contributed by atoms with Crippen LogP contribution in [0.5, 0.6) is 0 Å². The molecule has 1 heterocycles. The van der Waals surface area contributed by atoms with Crippen molar-refractivity contribution in [3.63, 3.8) is 0 Å². The van der Waals surface area contributed by atoms with Crippen LogP contribution in [-0.2, 0) is 0 Å².